The molecule has 0 spiro atoms. The maximum absolute atomic E-state index is 12.4. The fraction of sp³-hybridized carbons (Fsp3) is 0.111. The summed E-state index contributed by atoms with van der Waals surface area (Å²) in [5, 5.41) is 10.3. The fourth-order valence-corrected chi connectivity index (χ4v) is 2.92. The highest BCUT2D eigenvalue weighted by atomic mass is 35.5. The van der Waals surface area contributed by atoms with Crippen molar-refractivity contribution in [2.45, 2.75) is 13.5 Å². The SMILES string of the molecule is Cc1cc(OC(F)F)ccc1NC(=O)c1cc(-c2ccc(Cl)cc2Cl)n[nH]1. The maximum atomic E-state index is 12.4. The van der Waals surface area contributed by atoms with Gasteiger partial charge in [0.2, 0.25) is 0 Å². The van der Waals surface area contributed by atoms with Crippen LogP contribution in [0.4, 0.5) is 14.5 Å². The van der Waals surface area contributed by atoms with Gasteiger partial charge in [0, 0.05) is 16.3 Å². The number of aryl methyl sites for hydroxylation is 1. The molecular weight excluding hydrogens is 399 g/mol. The number of amides is 1. The van der Waals surface area contributed by atoms with Gasteiger partial charge in [-0.15, -0.1) is 0 Å². The molecule has 1 aromatic heterocycles. The number of nitrogens with one attached hydrogen (secondary N) is 2. The molecule has 3 aromatic rings. The molecule has 0 radical (unpaired) electrons. The number of benzene rings is 2. The number of hydrogen-bond donors (Lipinski definition) is 2. The molecule has 0 atom stereocenters. The van der Waals surface area contributed by atoms with Crippen molar-refractivity contribution < 1.29 is 18.3 Å². The van der Waals surface area contributed by atoms with E-state index in [0.29, 0.717) is 32.6 Å². The van der Waals surface area contributed by atoms with Gasteiger partial charge in [-0.05, 0) is 55.0 Å². The molecule has 27 heavy (non-hydrogen) atoms. The molecule has 3 rings (SSSR count). The van der Waals surface area contributed by atoms with Crippen LogP contribution in [0.1, 0.15) is 16.1 Å². The minimum absolute atomic E-state index is 0.0155. The summed E-state index contributed by atoms with van der Waals surface area (Å²) < 4.78 is 28.8. The number of halogens is 4. The van der Waals surface area contributed by atoms with Crippen molar-refractivity contribution in [2.24, 2.45) is 0 Å². The number of H-pyrrole nitrogens is 1. The van der Waals surface area contributed by atoms with Gasteiger partial charge in [0.05, 0.1) is 10.7 Å². The molecule has 0 saturated heterocycles. The summed E-state index contributed by atoms with van der Waals surface area (Å²) in [7, 11) is 0. The molecule has 2 N–H and O–H groups in total. The number of nitrogens with zero attached hydrogens (tertiary/aromatic N) is 1. The number of anilines is 1. The smallest absolute Gasteiger partial charge is 0.387 e. The van der Waals surface area contributed by atoms with E-state index >= 15 is 0 Å². The van der Waals surface area contributed by atoms with Gasteiger partial charge in [0.1, 0.15) is 11.4 Å². The lowest BCUT2D eigenvalue weighted by Gasteiger charge is -2.10. The predicted octanol–water partition coefficient (Wildman–Crippen LogP) is 5.55. The highest BCUT2D eigenvalue weighted by molar-refractivity contribution is 6.36. The second-order valence-corrected chi connectivity index (χ2v) is 6.44. The van der Waals surface area contributed by atoms with Crippen LogP contribution < -0.4 is 10.1 Å². The molecule has 0 aliphatic rings. The zero-order valence-corrected chi connectivity index (χ0v) is 15.4. The number of aromatic amines is 1. The van der Waals surface area contributed by atoms with Gasteiger partial charge in [-0.3, -0.25) is 9.89 Å². The first-order valence-corrected chi connectivity index (χ1v) is 8.46. The van der Waals surface area contributed by atoms with Crippen molar-refractivity contribution in [1.29, 1.82) is 0 Å². The van der Waals surface area contributed by atoms with Crippen molar-refractivity contribution in [3.8, 4) is 17.0 Å². The van der Waals surface area contributed by atoms with Gasteiger partial charge in [-0.25, -0.2) is 0 Å². The number of hydrogen-bond acceptors (Lipinski definition) is 3. The zero-order valence-electron chi connectivity index (χ0n) is 13.9. The second kappa shape index (κ2) is 7.94. The van der Waals surface area contributed by atoms with E-state index in [0.717, 1.165) is 0 Å². The van der Waals surface area contributed by atoms with Crippen LogP contribution in [0.2, 0.25) is 10.0 Å². The fourth-order valence-electron chi connectivity index (χ4n) is 2.42. The second-order valence-electron chi connectivity index (χ2n) is 5.60. The quantitative estimate of drug-likeness (QED) is 0.578. The monoisotopic (exact) mass is 411 g/mol. The summed E-state index contributed by atoms with van der Waals surface area (Å²) in [6.07, 6.45) is 0. The first kappa shape index (κ1) is 19.1. The minimum Gasteiger partial charge on any atom is -0.435 e. The molecule has 1 amide bonds. The summed E-state index contributed by atoms with van der Waals surface area (Å²) in [6.45, 7) is -1.24. The minimum atomic E-state index is -2.91. The van der Waals surface area contributed by atoms with Gasteiger partial charge >= 0.3 is 6.61 Å². The Bertz CT molecular complexity index is 992. The Labute approximate surface area is 163 Å². The first-order chi connectivity index (χ1) is 12.8. The molecule has 5 nitrogen and oxygen atoms in total. The third-order valence-corrected chi connectivity index (χ3v) is 4.25. The number of alkyl halides is 2. The van der Waals surface area contributed by atoms with E-state index in [1.165, 1.54) is 18.2 Å². The number of carbonyl (C=O) groups is 1. The Kier molecular flexibility index (Phi) is 5.62. The van der Waals surface area contributed by atoms with Crippen LogP contribution in [-0.4, -0.2) is 22.7 Å². The van der Waals surface area contributed by atoms with Gasteiger partial charge in [0.25, 0.3) is 5.91 Å². The van der Waals surface area contributed by atoms with Crippen LogP contribution in [0.15, 0.2) is 42.5 Å². The molecule has 0 bridgehead atoms. The standard InChI is InChI=1S/C18H13Cl2F2N3O2/c1-9-6-11(27-18(21)22)3-5-14(9)23-17(26)16-8-15(24-25-16)12-4-2-10(19)7-13(12)20/h2-8,18H,1H3,(H,23,26)(H,24,25). The molecule has 140 valence electrons. The van der Waals surface area contributed by atoms with Gasteiger partial charge in [0.15, 0.2) is 0 Å². The molecule has 0 fully saturated rings. The molecule has 1 heterocycles. The van der Waals surface area contributed by atoms with E-state index in [1.807, 2.05) is 0 Å². The number of rotatable bonds is 5. The lowest BCUT2D eigenvalue weighted by molar-refractivity contribution is -0.0498. The third kappa shape index (κ3) is 4.56. The Morgan fingerprint density at radius 2 is 1.96 bits per heavy atom. The lowest BCUT2D eigenvalue weighted by Crippen LogP contribution is -2.13. The Morgan fingerprint density at radius 3 is 2.63 bits per heavy atom. The highest BCUT2D eigenvalue weighted by Crippen LogP contribution is 2.29. The van der Waals surface area contributed by atoms with Crippen LogP contribution in [0.3, 0.4) is 0 Å². The van der Waals surface area contributed by atoms with E-state index in [-0.39, 0.29) is 11.4 Å². The number of aromatic nitrogens is 2. The van der Waals surface area contributed by atoms with E-state index in [1.54, 1.807) is 31.2 Å². The van der Waals surface area contributed by atoms with Crippen LogP contribution in [0, 0.1) is 6.92 Å². The molecule has 0 aliphatic carbocycles. The van der Waals surface area contributed by atoms with Gasteiger partial charge < -0.3 is 10.1 Å². The first-order valence-electron chi connectivity index (χ1n) is 7.71. The normalized spacial score (nSPS) is 10.9. The Morgan fingerprint density at radius 1 is 1.19 bits per heavy atom. The maximum Gasteiger partial charge on any atom is 0.387 e. The van der Waals surface area contributed by atoms with Crippen LogP contribution >= 0.6 is 23.2 Å². The summed E-state index contributed by atoms with van der Waals surface area (Å²) >= 11 is 12.0. The van der Waals surface area contributed by atoms with Crippen LogP contribution in [0.25, 0.3) is 11.3 Å². The molecular formula is C18H13Cl2F2N3O2. The third-order valence-electron chi connectivity index (χ3n) is 3.70. The molecule has 0 aliphatic heterocycles. The summed E-state index contributed by atoms with van der Waals surface area (Å²) in [5.41, 5.74) is 2.35. The van der Waals surface area contributed by atoms with Crippen LogP contribution in [-0.2, 0) is 0 Å². The topological polar surface area (TPSA) is 67.0 Å². The highest BCUT2D eigenvalue weighted by Gasteiger charge is 2.15. The van der Waals surface area contributed by atoms with E-state index in [4.69, 9.17) is 23.2 Å². The lowest BCUT2D eigenvalue weighted by atomic mass is 10.1. The van der Waals surface area contributed by atoms with E-state index < -0.39 is 12.5 Å². The average Bonchev–Trinajstić information content (AvgIpc) is 3.06. The molecule has 2 aromatic carbocycles. The molecule has 0 saturated carbocycles. The van der Waals surface area contributed by atoms with E-state index in [9.17, 15) is 13.6 Å². The summed E-state index contributed by atoms with van der Waals surface area (Å²) in [4.78, 5) is 12.4. The van der Waals surface area contributed by atoms with Crippen molar-refractivity contribution in [1.82, 2.24) is 10.2 Å². The van der Waals surface area contributed by atoms with Crippen molar-refractivity contribution in [2.75, 3.05) is 5.32 Å². The Balaban J connectivity index is 1.76. The number of ether oxygens (including phenoxy) is 1. The predicted molar refractivity (Wildman–Crippen MR) is 99.8 cm³/mol. The molecule has 9 heteroatoms. The molecule has 0 unspecified atom stereocenters. The zero-order chi connectivity index (χ0) is 19.6. The summed E-state index contributed by atoms with van der Waals surface area (Å²) in [5.74, 6) is -0.425. The van der Waals surface area contributed by atoms with Gasteiger partial charge in [-0.2, -0.15) is 13.9 Å². The number of carbonyl (C=O) groups excluding carboxylic acids is 1. The van der Waals surface area contributed by atoms with Gasteiger partial charge in [-0.1, -0.05) is 23.2 Å². The summed E-state index contributed by atoms with van der Waals surface area (Å²) in [6, 6.07) is 10.7. The largest absolute Gasteiger partial charge is 0.435 e. The van der Waals surface area contributed by atoms with Crippen molar-refractivity contribution >= 4 is 34.8 Å². The van der Waals surface area contributed by atoms with Crippen molar-refractivity contribution in [3.05, 3.63) is 63.8 Å². The Hall–Kier alpha value is -2.64. The van der Waals surface area contributed by atoms with Crippen LogP contribution in [0.5, 0.6) is 5.75 Å². The van der Waals surface area contributed by atoms with E-state index in [2.05, 4.69) is 20.3 Å². The average molecular weight is 412 g/mol. The van der Waals surface area contributed by atoms with Crippen molar-refractivity contribution in [3.63, 3.8) is 0 Å².